The summed E-state index contributed by atoms with van der Waals surface area (Å²) >= 11 is 5.98. The molecule has 0 aliphatic rings. The molecule has 40 heavy (non-hydrogen) atoms. The maximum Gasteiger partial charge on any atom is 0.323 e. The lowest BCUT2D eigenvalue weighted by molar-refractivity contribution is -0.143. The molecule has 1 heterocycles. The van der Waals surface area contributed by atoms with Crippen molar-refractivity contribution in [2.24, 2.45) is 4.99 Å². The van der Waals surface area contributed by atoms with Gasteiger partial charge in [0.2, 0.25) is 18.2 Å². The van der Waals surface area contributed by atoms with Crippen LogP contribution in [-0.4, -0.2) is 59.4 Å². The number of hydrogen-bond donors (Lipinski definition) is 1. The molecule has 0 spiro atoms. The number of urea groups is 1. The van der Waals surface area contributed by atoms with Crippen LogP contribution in [0.3, 0.4) is 0 Å². The predicted molar refractivity (Wildman–Crippen MR) is 148 cm³/mol. The number of guanidine groups is 1. The number of amides is 3. The van der Waals surface area contributed by atoms with Crippen LogP contribution in [0.5, 0.6) is 11.6 Å². The summed E-state index contributed by atoms with van der Waals surface area (Å²) in [6, 6.07) is 15.5. The van der Waals surface area contributed by atoms with E-state index in [1.165, 1.54) is 21.9 Å². The summed E-state index contributed by atoms with van der Waals surface area (Å²) in [4.78, 5) is 47.6. The number of halogens is 2. The molecule has 0 fully saturated rings. The van der Waals surface area contributed by atoms with Crippen molar-refractivity contribution in [3.05, 3.63) is 83.3 Å². The Hall–Kier alpha value is -4.51. The molecule has 0 unspecified atom stereocenters. The lowest BCUT2D eigenvalue weighted by Gasteiger charge is -2.23. The van der Waals surface area contributed by atoms with Crippen LogP contribution in [0.2, 0.25) is 5.02 Å². The molecule has 12 heteroatoms. The maximum atomic E-state index is 13.1. The highest BCUT2D eigenvalue weighted by atomic mass is 35.5. The number of aliphatic imine (C=N–C) groups is 1. The number of carbonyl (C=O) groups excluding carboxylic acids is 3. The van der Waals surface area contributed by atoms with E-state index < -0.39 is 11.8 Å². The molecule has 0 saturated carbocycles. The van der Waals surface area contributed by atoms with Crippen molar-refractivity contribution >= 4 is 41.7 Å². The Balaban J connectivity index is 1.77. The summed E-state index contributed by atoms with van der Waals surface area (Å²) in [6.07, 6.45) is 2.19. The number of nitrogens with one attached hydrogen (secondary N) is 1. The van der Waals surface area contributed by atoms with Crippen LogP contribution in [-0.2, 0) is 20.9 Å². The topological polar surface area (TPSA) is 113 Å². The normalized spacial score (nSPS) is 10.9. The zero-order valence-electron chi connectivity index (χ0n) is 22.0. The highest BCUT2D eigenvalue weighted by molar-refractivity contribution is 6.30. The smallest absolute Gasteiger partial charge is 0.323 e. The van der Waals surface area contributed by atoms with Crippen LogP contribution < -0.4 is 10.1 Å². The number of pyridine rings is 1. The number of benzene rings is 2. The molecule has 210 valence electrons. The summed E-state index contributed by atoms with van der Waals surface area (Å²) in [5.74, 6) is -0.183. The van der Waals surface area contributed by atoms with Crippen LogP contribution >= 0.6 is 11.6 Å². The Kier molecular flexibility index (Phi) is 11.4. The Morgan fingerprint density at radius 3 is 2.45 bits per heavy atom. The fourth-order valence-electron chi connectivity index (χ4n) is 3.35. The van der Waals surface area contributed by atoms with Gasteiger partial charge in [-0.2, -0.15) is 0 Å². The van der Waals surface area contributed by atoms with Gasteiger partial charge >= 0.3 is 12.0 Å². The Labute approximate surface area is 236 Å². The average molecular weight is 570 g/mol. The van der Waals surface area contributed by atoms with Gasteiger partial charge in [0.25, 0.3) is 0 Å². The quantitative estimate of drug-likeness (QED) is 0.145. The highest BCUT2D eigenvalue weighted by Crippen LogP contribution is 2.23. The van der Waals surface area contributed by atoms with Crippen molar-refractivity contribution in [2.75, 3.05) is 20.2 Å². The zero-order chi connectivity index (χ0) is 28.9. The molecule has 10 nitrogen and oxygen atoms in total. The zero-order valence-corrected chi connectivity index (χ0v) is 22.8. The van der Waals surface area contributed by atoms with Gasteiger partial charge in [0.1, 0.15) is 11.6 Å². The molecular weight excluding hydrogens is 541 g/mol. The lowest BCUT2D eigenvalue weighted by Crippen LogP contribution is -2.48. The second-order valence-electron chi connectivity index (χ2n) is 8.47. The molecule has 0 radical (unpaired) electrons. The molecule has 1 N–H and O–H groups in total. The van der Waals surface area contributed by atoms with Gasteiger partial charge in [0.05, 0.1) is 25.0 Å². The predicted octanol–water partition coefficient (Wildman–Crippen LogP) is 5.30. The number of rotatable bonds is 11. The summed E-state index contributed by atoms with van der Waals surface area (Å²) in [5.41, 5.74) is 1.18. The Morgan fingerprint density at radius 1 is 1.10 bits per heavy atom. The van der Waals surface area contributed by atoms with Crippen molar-refractivity contribution in [3.63, 3.8) is 0 Å². The third-order valence-corrected chi connectivity index (χ3v) is 5.66. The molecule has 0 aliphatic heterocycles. The molecule has 0 bridgehead atoms. The third-order valence-electron chi connectivity index (χ3n) is 5.41. The van der Waals surface area contributed by atoms with Gasteiger partial charge in [-0.05, 0) is 61.4 Å². The van der Waals surface area contributed by atoms with Gasteiger partial charge in [-0.1, -0.05) is 23.7 Å². The first-order valence-electron chi connectivity index (χ1n) is 12.4. The first kappa shape index (κ1) is 30.0. The van der Waals surface area contributed by atoms with E-state index >= 15 is 0 Å². The molecule has 0 aliphatic carbocycles. The molecule has 3 rings (SSSR count). The number of carbonyl (C=O) groups is 3. The van der Waals surface area contributed by atoms with E-state index in [4.69, 9.17) is 21.1 Å². The molecule has 1 aromatic heterocycles. The molecule has 0 saturated heterocycles. The van der Waals surface area contributed by atoms with Gasteiger partial charge in [-0.3, -0.25) is 19.8 Å². The van der Waals surface area contributed by atoms with Crippen molar-refractivity contribution in [1.29, 1.82) is 0 Å². The Bertz CT molecular complexity index is 1300. The van der Waals surface area contributed by atoms with Crippen LogP contribution in [0.1, 0.15) is 25.3 Å². The molecule has 3 amide bonds. The van der Waals surface area contributed by atoms with Gasteiger partial charge in [-0.25, -0.2) is 19.2 Å². The Morgan fingerprint density at radius 2 is 1.82 bits per heavy atom. The summed E-state index contributed by atoms with van der Waals surface area (Å²) < 4.78 is 23.6. The number of nitrogens with zero attached hydrogens (tertiary/aromatic N) is 4. The lowest BCUT2D eigenvalue weighted by atomic mass is 10.2. The van der Waals surface area contributed by atoms with Gasteiger partial charge in [-0.15, -0.1) is 0 Å². The van der Waals surface area contributed by atoms with Gasteiger partial charge in [0, 0.05) is 31.1 Å². The van der Waals surface area contributed by atoms with Crippen LogP contribution in [0.15, 0.2) is 71.9 Å². The minimum Gasteiger partial charge on any atom is -0.466 e. The van der Waals surface area contributed by atoms with Crippen molar-refractivity contribution < 1.29 is 28.2 Å². The van der Waals surface area contributed by atoms with E-state index in [0.717, 1.165) is 11.8 Å². The van der Waals surface area contributed by atoms with Crippen LogP contribution in [0.4, 0.5) is 14.9 Å². The molecule has 2 aromatic carbocycles. The number of aromatic nitrogens is 1. The van der Waals surface area contributed by atoms with E-state index in [-0.39, 0.29) is 37.3 Å². The van der Waals surface area contributed by atoms with Crippen molar-refractivity contribution in [2.45, 2.75) is 26.3 Å². The van der Waals surface area contributed by atoms with E-state index in [0.29, 0.717) is 35.9 Å². The average Bonchev–Trinajstić information content (AvgIpc) is 2.94. The fraction of sp³-hybridized carbons (Fsp3) is 0.250. The van der Waals surface area contributed by atoms with Crippen LogP contribution in [0, 0.1) is 5.82 Å². The van der Waals surface area contributed by atoms with Crippen molar-refractivity contribution in [1.82, 2.24) is 20.1 Å². The monoisotopic (exact) mass is 569 g/mol. The number of hydrogen-bond acceptors (Lipinski definition) is 7. The van der Waals surface area contributed by atoms with Crippen LogP contribution in [0.25, 0.3) is 0 Å². The summed E-state index contributed by atoms with van der Waals surface area (Å²) in [6.45, 7) is 2.41. The minimum atomic E-state index is -0.520. The number of esters is 1. The second kappa shape index (κ2) is 15.2. The van der Waals surface area contributed by atoms with Gasteiger partial charge < -0.3 is 14.4 Å². The van der Waals surface area contributed by atoms with E-state index in [1.807, 2.05) is 0 Å². The van der Waals surface area contributed by atoms with Gasteiger partial charge in [0.15, 0.2) is 0 Å². The van der Waals surface area contributed by atoms with E-state index in [9.17, 15) is 18.8 Å². The largest absolute Gasteiger partial charge is 0.466 e. The van der Waals surface area contributed by atoms with Crippen molar-refractivity contribution in [3.8, 4) is 11.6 Å². The first-order chi connectivity index (χ1) is 19.3. The minimum absolute atomic E-state index is 0.0129. The summed E-state index contributed by atoms with van der Waals surface area (Å²) in [5, 5.41) is 3.23. The fourth-order valence-corrected chi connectivity index (χ4v) is 3.48. The van der Waals surface area contributed by atoms with E-state index in [2.05, 4.69) is 15.3 Å². The third kappa shape index (κ3) is 9.66. The highest BCUT2D eigenvalue weighted by Gasteiger charge is 2.18. The summed E-state index contributed by atoms with van der Waals surface area (Å²) in [7, 11) is 1.57. The molecule has 0 atom stereocenters. The number of ether oxygens (including phenoxy) is 2. The van der Waals surface area contributed by atoms with E-state index in [1.54, 1.807) is 62.5 Å². The second-order valence-corrected chi connectivity index (χ2v) is 8.90. The molecule has 3 aromatic rings. The maximum absolute atomic E-state index is 13.1. The standard InChI is InChI=1S/C28H29ClFN5O5/c1-3-39-26(37)5-4-16-34(2)28(38)33-27(35(19-36)18-20-6-8-21(29)9-7-20)32-23-11-13-24(14-12-23)40-25-15-10-22(30)17-31-25/h6-15,17,19H,3-5,16,18H2,1-2H3,(H,32,33,38). The molecular formula is C28H29ClFN5O5. The SMILES string of the molecule is CCOC(=O)CCCN(C)C(=O)NC(=Nc1ccc(Oc2ccc(F)cn2)cc1)N(C=O)Cc1ccc(Cl)cc1. The first-order valence-corrected chi connectivity index (χ1v) is 12.8.